The second-order valence-electron chi connectivity index (χ2n) is 11.9. The van der Waals surface area contributed by atoms with E-state index in [4.69, 9.17) is 9.47 Å². The van der Waals surface area contributed by atoms with Crippen LogP contribution in [0.15, 0.2) is 18.2 Å². The van der Waals surface area contributed by atoms with Crippen molar-refractivity contribution < 1.29 is 28.7 Å². The lowest BCUT2D eigenvalue weighted by Crippen LogP contribution is -2.59. The largest absolute Gasteiger partial charge is 0.497 e. The van der Waals surface area contributed by atoms with Gasteiger partial charge in [-0.2, -0.15) is 0 Å². The number of carbonyl (C=O) groups excluding carboxylic acids is 4. The van der Waals surface area contributed by atoms with Crippen molar-refractivity contribution in [1.29, 1.82) is 0 Å². The van der Waals surface area contributed by atoms with Gasteiger partial charge < -0.3 is 39.4 Å². The zero-order valence-electron chi connectivity index (χ0n) is 27.0. The Morgan fingerprint density at radius 3 is 2.30 bits per heavy atom. The molecular formula is C32H48N6O6. The molecule has 2 atom stereocenters. The number of hydrogen-bond donors (Lipinski definition) is 2. The minimum atomic E-state index is -0.583. The van der Waals surface area contributed by atoms with E-state index in [0.717, 1.165) is 32.1 Å². The SMILES string of the molecule is CNC(C)C(=O)NC(C(=O)N1CCN(C(=O)c2c(C(=O)N(C)CCOC)c3ccc(OC)cc3n2C)CC1)C1CCCCC1. The lowest BCUT2D eigenvalue weighted by molar-refractivity contribution is -0.140. The molecule has 2 fully saturated rings. The third kappa shape index (κ3) is 7.02. The fourth-order valence-electron chi connectivity index (χ4n) is 6.27. The third-order valence-electron chi connectivity index (χ3n) is 9.19. The average molecular weight is 613 g/mol. The molecule has 1 aliphatic carbocycles. The summed E-state index contributed by atoms with van der Waals surface area (Å²) in [5, 5.41) is 6.65. The number of carbonyl (C=O) groups is 4. The van der Waals surface area contributed by atoms with Crippen LogP contribution in [0, 0.1) is 5.92 Å². The number of nitrogens with zero attached hydrogens (tertiary/aromatic N) is 4. The normalized spacial score (nSPS) is 17.3. The molecule has 2 unspecified atom stereocenters. The number of nitrogens with one attached hydrogen (secondary N) is 2. The quantitative estimate of drug-likeness (QED) is 0.397. The van der Waals surface area contributed by atoms with Crippen LogP contribution >= 0.6 is 0 Å². The minimum Gasteiger partial charge on any atom is -0.497 e. The van der Waals surface area contributed by atoms with Crippen molar-refractivity contribution in [2.24, 2.45) is 13.0 Å². The maximum absolute atomic E-state index is 14.1. The Balaban J connectivity index is 1.56. The van der Waals surface area contributed by atoms with Gasteiger partial charge in [-0.25, -0.2) is 0 Å². The van der Waals surface area contributed by atoms with E-state index >= 15 is 0 Å². The number of aryl methyl sites for hydroxylation is 1. The van der Waals surface area contributed by atoms with Gasteiger partial charge in [0.05, 0.1) is 30.8 Å². The Morgan fingerprint density at radius 1 is 1.02 bits per heavy atom. The predicted octanol–water partition coefficient (Wildman–Crippen LogP) is 1.86. The van der Waals surface area contributed by atoms with Crippen molar-refractivity contribution in [2.45, 2.75) is 51.1 Å². The van der Waals surface area contributed by atoms with Crippen LogP contribution in [0.4, 0.5) is 0 Å². The first-order valence-electron chi connectivity index (χ1n) is 15.6. The fourth-order valence-corrected chi connectivity index (χ4v) is 6.27. The molecule has 1 aliphatic heterocycles. The molecule has 2 aliphatic rings. The average Bonchev–Trinajstić information content (AvgIpc) is 3.35. The number of hydrogen-bond acceptors (Lipinski definition) is 7. The van der Waals surface area contributed by atoms with Gasteiger partial charge in [-0.15, -0.1) is 0 Å². The van der Waals surface area contributed by atoms with Crippen LogP contribution in [-0.4, -0.2) is 123 Å². The molecule has 4 amide bonds. The topological polar surface area (TPSA) is 125 Å². The molecule has 242 valence electrons. The van der Waals surface area contributed by atoms with Gasteiger partial charge in [0, 0.05) is 65.4 Å². The molecule has 2 heterocycles. The van der Waals surface area contributed by atoms with Crippen LogP contribution < -0.4 is 15.4 Å². The zero-order chi connectivity index (χ0) is 32.0. The number of methoxy groups -OCH3 is 2. The van der Waals surface area contributed by atoms with Crippen LogP contribution in [-0.2, 0) is 21.4 Å². The van der Waals surface area contributed by atoms with Crippen LogP contribution in [0.5, 0.6) is 5.75 Å². The first-order valence-corrected chi connectivity index (χ1v) is 15.6. The Hall–Kier alpha value is -3.64. The van der Waals surface area contributed by atoms with Gasteiger partial charge in [0.1, 0.15) is 17.5 Å². The number of benzene rings is 1. The van der Waals surface area contributed by atoms with Gasteiger partial charge in [0.2, 0.25) is 11.8 Å². The fraction of sp³-hybridized carbons (Fsp3) is 0.625. The molecule has 12 nitrogen and oxygen atoms in total. The van der Waals surface area contributed by atoms with Crippen molar-refractivity contribution in [3.05, 3.63) is 29.5 Å². The predicted molar refractivity (Wildman–Crippen MR) is 168 cm³/mol. The summed E-state index contributed by atoms with van der Waals surface area (Å²) < 4.78 is 12.3. The monoisotopic (exact) mass is 612 g/mol. The van der Waals surface area contributed by atoms with E-state index in [2.05, 4.69) is 10.6 Å². The van der Waals surface area contributed by atoms with Crippen LogP contribution in [0.3, 0.4) is 0 Å². The highest BCUT2D eigenvalue weighted by atomic mass is 16.5. The van der Waals surface area contributed by atoms with E-state index in [0.29, 0.717) is 67.2 Å². The summed E-state index contributed by atoms with van der Waals surface area (Å²) in [6, 6.07) is 4.43. The molecule has 0 bridgehead atoms. The van der Waals surface area contributed by atoms with Crippen molar-refractivity contribution >= 4 is 34.5 Å². The van der Waals surface area contributed by atoms with Crippen LogP contribution in [0.2, 0.25) is 0 Å². The number of fused-ring (bicyclic) bond motifs is 1. The summed E-state index contributed by atoms with van der Waals surface area (Å²) >= 11 is 0. The lowest BCUT2D eigenvalue weighted by atomic mass is 9.83. The van der Waals surface area contributed by atoms with E-state index in [9.17, 15) is 19.2 Å². The van der Waals surface area contributed by atoms with Gasteiger partial charge >= 0.3 is 0 Å². The number of rotatable bonds is 11. The summed E-state index contributed by atoms with van der Waals surface area (Å²) in [7, 11) is 8.36. The molecule has 0 radical (unpaired) electrons. The van der Waals surface area contributed by atoms with E-state index in [1.807, 2.05) is 12.1 Å². The van der Waals surface area contributed by atoms with Gasteiger partial charge in [-0.3, -0.25) is 19.2 Å². The Labute approximate surface area is 260 Å². The van der Waals surface area contributed by atoms with E-state index in [-0.39, 0.29) is 29.5 Å². The second-order valence-corrected chi connectivity index (χ2v) is 11.9. The van der Waals surface area contributed by atoms with E-state index in [1.54, 1.807) is 67.6 Å². The first-order chi connectivity index (χ1) is 21.1. The Bertz CT molecular complexity index is 1340. The molecule has 44 heavy (non-hydrogen) atoms. The maximum Gasteiger partial charge on any atom is 0.271 e. The minimum absolute atomic E-state index is 0.0898. The highest BCUT2D eigenvalue weighted by Crippen LogP contribution is 2.31. The summed E-state index contributed by atoms with van der Waals surface area (Å²) in [6.45, 7) is 3.86. The number of ether oxygens (including phenoxy) is 2. The highest BCUT2D eigenvalue weighted by molar-refractivity contribution is 6.16. The van der Waals surface area contributed by atoms with Crippen molar-refractivity contribution in [3.63, 3.8) is 0 Å². The standard InChI is InChI=1S/C32H48N6O6/c1-21(33-2)29(39)34-27(22-10-8-7-9-11-22)31(41)37-14-16-38(17-15-37)32(42)28-26(30(40)35(3)18-19-43-5)24-13-12-23(44-6)20-25(24)36(28)4/h12-13,20-22,27,33H,7-11,14-19H2,1-6H3,(H,34,39). The van der Waals surface area contributed by atoms with E-state index in [1.165, 1.54) is 0 Å². The molecule has 1 aromatic carbocycles. The number of amides is 4. The molecule has 12 heteroatoms. The maximum atomic E-state index is 14.1. The summed E-state index contributed by atoms with van der Waals surface area (Å²) in [4.78, 5) is 59.5. The molecule has 1 saturated heterocycles. The third-order valence-corrected chi connectivity index (χ3v) is 9.19. The summed E-state index contributed by atoms with van der Waals surface area (Å²) in [5.41, 5.74) is 1.36. The van der Waals surface area contributed by atoms with Gasteiger partial charge in [0.15, 0.2) is 0 Å². The molecule has 1 aromatic heterocycles. The number of aromatic nitrogens is 1. The van der Waals surface area contributed by atoms with Crippen molar-refractivity contribution in [1.82, 2.24) is 29.9 Å². The molecule has 2 N–H and O–H groups in total. The molecule has 2 aromatic rings. The van der Waals surface area contributed by atoms with Gasteiger partial charge in [0.25, 0.3) is 11.8 Å². The molecule has 4 rings (SSSR count). The molecular weight excluding hydrogens is 564 g/mol. The number of likely N-dealkylation sites (N-methyl/N-ethyl adjacent to an activating group) is 2. The summed E-state index contributed by atoms with van der Waals surface area (Å²) in [6.07, 6.45) is 5.06. The molecule has 0 spiro atoms. The number of piperazine rings is 1. The highest BCUT2D eigenvalue weighted by Gasteiger charge is 2.37. The van der Waals surface area contributed by atoms with Crippen LogP contribution in [0.25, 0.3) is 10.9 Å². The smallest absolute Gasteiger partial charge is 0.271 e. The second kappa shape index (κ2) is 14.9. The van der Waals surface area contributed by atoms with Crippen molar-refractivity contribution in [3.8, 4) is 5.75 Å². The zero-order valence-corrected chi connectivity index (χ0v) is 27.0. The Morgan fingerprint density at radius 2 is 1.68 bits per heavy atom. The van der Waals surface area contributed by atoms with Crippen molar-refractivity contribution in [2.75, 3.05) is 67.6 Å². The van der Waals surface area contributed by atoms with Gasteiger partial charge in [-0.05, 0) is 44.9 Å². The first kappa shape index (κ1) is 33.3. The Kier molecular flexibility index (Phi) is 11.3. The van der Waals surface area contributed by atoms with E-state index < -0.39 is 12.1 Å². The summed E-state index contributed by atoms with van der Waals surface area (Å²) in [5.74, 6) is -0.0894. The van der Waals surface area contributed by atoms with Gasteiger partial charge in [-0.1, -0.05) is 19.3 Å². The lowest BCUT2D eigenvalue weighted by Gasteiger charge is -2.39. The molecule has 1 saturated carbocycles. The van der Waals surface area contributed by atoms with Crippen LogP contribution in [0.1, 0.15) is 59.9 Å².